The average molecular weight is 329 g/mol. The summed E-state index contributed by atoms with van der Waals surface area (Å²) in [5.41, 5.74) is 1.15. The Kier molecular flexibility index (Phi) is 4.54. The topological polar surface area (TPSA) is 91.2 Å². The van der Waals surface area contributed by atoms with Gasteiger partial charge in [-0.25, -0.2) is 0 Å². The molecule has 3 rings (SSSR count). The zero-order valence-corrected chi connectivity index (χ0v) is 12.9. The number of hydrogen-bond donors (Lipinski definition) is 0. The van der Waals surface area contributed by atoms with Gasteiger partial charge in [0.25, 0.3) is 5.69 Å². The Balaban J connectivity index is 1.73. The number of ether oxygens (including phenoxy) is 3. The molecule has 1 aliphatic heterocycles. The van der Waals surface area contributed by atoms with Crippen molar-refractivity contribution in [3.8, 4) is 5.75 Å². The maximum Gasteiger partial charge on any atom is 0.269 e. The molecule has 0 radical (unpaired) electrons. The first-order valence-electron chi connectivity index (χ1n) is 7.26. The van der Waals surface area contributed by atoms with Gasteiger partial charge in [-0.1, -0.05) is 12.1 Å². The van der Waals surface area contributed by atoms with E-state index in [1.165, 1.54) is 19.2 Å². The fourth-order valence-electron chi connectivity index (χ4n) is 2.42. The van der Waals surface area contributed by atoms with Crippen molar-refractivity contribution in [2.45, 2.75) is 12.2 Å². The Labute approximate surface area is 137 Å². The number of carbonyl (C=O) groups is 1. The first kappa shape index (κ1) is 16.1. The Hall–Kier alpha value is -2.77. The van der Waals surface area contributed by atoms with E-state index in [-0.39, 0.29) is 18.3 Å². The molecule has 1 saturated heterocycles. The lowest BCUT2D eigenvalue weighted by Crippen LogP contribution is -2.11. The molecule has 0 spiro atoms. The molecular formula is C17H15NO6. The largest absolute Gasteiger partial charge is 0.467 e. The van der Waals surface area contributed by atoms with Crippen molar-refractivity contribution >= 4 is 11.5 Å². The second-order valence-electron chi connectivity index (χ2n) is 5.24. The minimum atomic E-state index is -0.612. The van der Waals surface area contributed by atoms with Crippen molar-refractivity contribution < 1.29 is 23.9 Å². The van der Waals surface area contributed by atoms with Crippen LogP contribution in [-0.2, 0) is 9.47 Å². The highest BCUT2D eigenvalue weighted by Gasteiger charge is 2.47. The number of hydrogen-bond acceptors (Lipinski definition) is 6. The number of nitro groups is 1. The van der Waals surface area contributed by atoms with Gasteiger partial charge in [-0.2, -0.15) is 0 Å². The number of Topliss-reactive ketones (excluding diaryl/α,β-unsaturated/α-hetero) is 1. The number of methoxy groups -OCH3 is 1. The summed E-state index contributed by atoms with van der Waals surface area (Å²) in [4.78, 5) is 22.8. The quantitative estimate of drug-likeness (QED) is 0.255. The van der Waals surface area contributed by atoms with Gasteiger partial charge in [0.15, 0.2) is 18.7 Å². The Morgan fingerprint density at radius 3 is 2.58 bits per heavy atom. The predicted molar refractivity (Wildman–Crippen MR) is 84.0 cm³/mol. The van der Waals surface area contributed by atoms with Crippen LogP contribution in [0.5, 0.6) is 5.75 Å². The number of rotatable bonds is 7. The lowest BCUT2D eigenvalue weighted by atomic mass is 10.0. The van der Waals surface area contributed by atoms with Gasteiger partial charge in [-0.05, 0) is 29.8 Å². The first-order valence-corrected chi connectivity index (χ1v) is 7.26. The van der Waals surface area contributed by atoms with Crippen molar-refractivity contribution in [3.05, 3.63) is 69.8 Å². The molecule has 0 aliphatic carbocycles. The highest BCUT2D eigenvalue weighted by atomic mass is 16.7. The van der Waals surface area contributed by atoms with E-state index >= 15 is 0 Å². The van der Waals surface area contributed by atoms with E-state index in [0.29, 0.717) is 11.3 Å². The normalized spacial score (nSPS) is 18.9. The molecule has 2 atom stereocenters. The third kappa shape index (κ3) is 3.27. The van der Waals surface area contributed by atoms with Crippen LogP contribution in [0.4, 0.5) is 5.69 Å². The van der Waals surface area contributed by atoms with Gasteiger partial charge < -0.3 is 14.2 Å². The van der Waals surface area contributed by atoms with Crippen LogP contribution >= 0.6 is 0 Å². The van der Waals surface area contributed by atoms with Crippen LogP contribution in [0, 0.1) is 10.1 Å². The molecule has 124 valence electrons. The van der Waals surface area contributed by atoms with Crippen LogP contribution < -0.4 is 4.74 Å². The highest BCUT2D eigenvalue weighted by molar-refractivity contribution is 6.03. The zero-order valence-electron chi connectivity index (χ0n) is 12.9. The Morgan fingerprint density at radius 2 is 1.92 bits per heavy atom. The molecule has 0 amide bonds. The molecule has 0 aromatic heterocycles. The fourth-order valence-corrected chi connectivity index (χ4v) is 2.42. The lowest BCUT2D eigenvalue weighted by Gasteiger charge is -2.08. The molecule has 1 heterocycles. The third-order valence-electron chi connectivity index (χ3n) is 3.67. The van der Waals surface area contributed by atoms with Crippen LogP contribution in [0.1, 0.15) is 22.0 Å². The molecule has 0 N–H and O–H groups in total. The van der Waals surface area contributed by atoms with E-state index in [1.807, 2.05) is 0 Å². The van der Waals surface area contributed by atoms with Gasteiger partial charge in [0, 0.05) is 19.2 Å². The molecular weight excluding hydrogens is 314 g/mol. The van der Waals surface area contributed by atoms with Gasteiger partial charge in [-0.3, -0.25) is 14.9 Å². The predicted octanol–water partition coefficient (Wildman–Crippen LogP) is 2.90. The number of carbonyl (C=O) groups excluding carboxylic acids is 1. The minimum Gasteiger partial charge on any atom is -0.467 e. The summed E-state index contributed by atoms with van der Waals surface area (Å²) in [6.07, 6.45) is -1.01. The second-order valence-corrected chi connectivity index (χ2v) is 5.24. The molecule has 2 aromatic rings. The number of epoxide rings is 1. The maximum atomic E-state index is 12.6. The van der Waals surface area contributed by atoms with Crippen molar-refractivity contribution in [1.29, 1.82) is 0 Å². The molecule has 0 saturated carbocycles. The van der Waals surface area contributed by atoms with Crippen LogP contribution in [-0.4, -0.2) is 30.7 Å². The van der Waals surface area contributed by atoms with Gasteiger partial charge in [0.2, 0.25) is 0 Å². The van der Waals surface area contributed by atoms with E-state index < -0.39 is 17.1 Å². The summed E-state index contributed by atoms with van der Waals surface area (Å²) in [7, 11) is 1.50. The molecule has 7 heteroatoms. The summed E-state index contributed by atoms with van der Waals surface area (Å²) >= 11 is 0. The first-order chi connectivity index (χ1) is 11.6. The highest BCUT2D eigenvalue weighted by Crippen LogP contribution is 2.42. The van der Waals surface area contributed by atoms with E-state index in [4.69, 9.17) is 14.2 Å². The standard InChI is InChI=1S/C17H15NO6/c1-22-10-23-14-5-3-2-4-13(14)15(19)17-16(24-17)11-6-8-12(9-7-11)18(20)21/h2-9,16-17H,10H2,1H3/t16-,17-/m0/s1. The smallest absolute Gasteiger partial charge is 0.269 e. The minimum absolute atomic E-state index is 0.000544. The number of benzene rings is 2. The van der Waals surface area contributed by atoms with Crippen molar-refractivity contribution in [2.75, 3.05) is 13.9 Å². The summed E-state index contributed by atoms with van der Waals surface area (Å²) in [5, 5.41) is 10.7. The van der Waals surface area contributed by atoms with Gasteiger partial charge in [-0.15, -0.1) is 0 Å². The van der Waals surface area contributed by atoms with Gasteiger partial charge in [0.05, 0.1) is 10.5 Å². The van der Waals surface area contributed by atoms with E-state index in [0.717, 1.165) is 5.56 Å². The Morgan fingerprint density at radius 1 is 1.21 bits per heavy atom. The molecule has 24 heavy (non-hydrogen) atoms. The molecule has 0 unspecified atom stereocenters. The summed E-state index contributed by atoms with van der Waals surface area (Å²) in [5.74, 6) is 0.243. The number of ketones is 1. The van der Waals surface area contributed by atoms with Crippen LogP contribution in [0.25, 0.3) is 0 Å². The molecule has 1 aliphatic rings. The molecule has 1 fully saturated rings. The fraction of sp³-hybridized carbons (Fsp3) is 0.235. The Bertz CT molecular complexity index is 758. The van der Waals surface area contributed by atoms with Crippen LogP contribution in [0.15, 0.2) is 48.5 Å². The molecule has 0 bridgehead atoms. The zero-order chi connectivity index (χ0) is 17.1. The van der Waals surface area contributed by atoms with Crippen molar-refractivity contribution in [2.24, 2.45) is 0 Å². The third-order valence-corrected chi connectivity index (χ3v) is 3.67. The number of para-hydroxylation sites is 1. The van der Waals surface area contributed by atoms with E-state index in [9.17, 15) is 14.9 Å². The van der Waals surface area contributed by atoms with Crippen molar-refractivity contribution in [3.63, 3.8) is 0 Å². The lowest BCUT2D eigenvalue weighted by molar-refractivity contribution is -0.384. The molecule has 2 aromatic carbocycles. The summed E-state index contributed by atoms with van der Waals surface area (Å²) < 4.78 is 15.7. The monoisotopic (exact) mass is 329 g/mol. The van der Waals surface area contributed by atoms with Crippen LogP contribution in [0.2, 0.25) is 0 Å². The van der Waals surface area contributed by atoms with Crippen molar-refractivity contribution in [1.82, 2.24) is 0 Å². The van der Waals surface area contributed by atoms with E-state index in [2.05, 4.69) is 0 Å². The maximum absolute atomic E-state index is 12.6. The van der Waals surface area contributed by atoms with Crippen LogP contribution in [0.3, 0.4) is 0 Å². The number of non-ortho nitro benzene ring substituents is 1. The molecule has 7 nitrogen and oxygen atoms in total. The number of nitro benzene ring substituents is 1. The summed E-state index contributed by atoms with van der Waals surface area (Å²) in [6.45, 7) is 0.0433. The van der Waals surface area contributed by atoms with Gasteiger partial charge >= 0.3 is 0 Å². The second kappa shape index (κ2) is 6.77. The summed E-state index contributed by atoms with van der Waals surface area (Å²) in [6, 6.07) is 12.9. The van der Waals surface area contributed by atoms with Gasteiger partial charge in [0.1, 0.15) is 11.9 Å². The average Bonchev–Trinajstić information content (AvgIpc) is 3.40. The van der Waals surface area contributed by atoms with E-state index in [1.54, 1.807) is 36.4 Å². The SMILES string of the molecule is COCOc1ccccc1C(=O)[C@@H]1O[C@H]1c1ccc([N+](=O)[O-])cc1. The number of nitrogens with zero attached hydrogens (tertiary/aromatic N) is 1.